The zero-order valence-corrected chi connectivity index (χ0v) is 14.0. The summed E-state index contributed by atoms with van der Waals surface area (Å²) in [6.07, 6.45) is 3.82. The summed E-state index contributed by atoms with van der Waals surface area (Å²) < 4.78 is 32.3. The number of benzene rings is 2. The van der Waals surface area contributed by atoms with Gasteiger partial charge in [0.05, 0.1) is 19.3 Å². The third-order valence-electron chi connectivity index (χ3n) is 5.04. The maximum atomic E-state index is 13.4. The van der Waals surface area contributed by atoms with Gasteiger partial charge in [0, 0.05) is 12.6 Å². The summed E-state index contributed by atoms with van der Waals surface area (Å²) in [5.41, 5.74) is 3.41. The molecule has 0 aromatic heterocycles. The van der Waals surface area contributed by atoms with Crippen LogP contribution in [0.15, 0.2) is 60.2 Å². The Morgan fingerprint density at radius 2 is 1.80 bits per heavy atom. The lowest BCUT2D eigenvalue weighted by Crippen LogP contribution is -2.53. The Balaban J connectivity index is 1.51. The first kappa shape index (κ1) is 16.4. The lowest BCUT2D eigenvalue weighted by molar-refractivity contribution is -0.0440. The average Bonchev–Trinajstić information content (AvgIpc) is 2.60. The summed E-state index contributed by atoms with van der Waals surface area (Å²) in [5, 5.41) is 0. The van der Waals surface area contributed by atoms with Crippen molar-refractivity contribution in [3.05, 3.63) is 82.9 Å². The van der Waals surface area contributed by atoms with E-state index in [1.165, 1.54) is 23.3 Å². The van der Waals surface area contributed by atoms with Crippen LogP contribution in [-0.2, 0) is 17.7 Å². The Bertz CT molecular complexity index is 775. The fraction of sp³-hybridized carbons (Fsp3) is 0.333. The fourth-order valence-electron chi connectivity index (χ4n) is 3.83. The minimum atomic E-state index is -0.791. The van der Waals surface area contributed by atoms with Crippen LogP contribution in [0.1, 0.15) is 17.5 Å². The van der Waals surface area contributed by atoms with E-state index in [0.29, 0.717) is 19.1 Å². The molecule has 0 aliphatic carbocycles. The molecule has 0 spiro atoms. The number of morpholine rings is 1. The van der Waals surface area contributed by atoms with Crippen LogP contribution < -0.4 is 0 Å². The molecule has 1 saturated heterocycles. The van der Waals surface area contributed by atoms with Gasteiger partial charge in [-0.3, -0.25) is 4.90 Å². The van der Waals surface area contributed by atoms with Crippen molar-refractivity contribution in [1.82, 2.24) is 4.90 Å². The van der Waals surface area contributed by atoms with Gasteiger partial charge in [-0.1, -0.05) is 48.0 Å². The molecule has 4 rings (SSSR count). The SMILES string of the molecule is Fc1ccc(CC2=CC3COCC(C2)N3Cc2ccccc2)cc1F. The van der Waals surface area contributed by atoms with Crippen LogP contribution in [0.4, 0.5) is 8.78 Å². The molecule has 0 N–H and O–H groups in total. The molecule has 2 atom stereocenters. The van der Waals surface area contributed by atoms with E-state index in [9.17, 15) is 8.78 Å². The van der Waals surface area contributed by atoms with Gasteiger partial charge in [0.2, 0.25) is 0 Å². The Hall–Kier alpha value is -2.04. The van der Waals surface area contributed by atoms with E-state index in [0.717, 1.165) is 25.1 Å². The summed E-state index contributed by atoms with van der Waals surface area (Å²) in [7, 11) is 0. The Morgan fingerprint density at radius 3 is 2.56 bits per heavy atom. The molecule has 2 aromatic rings. The summed E-state index contributed by atoms with van der Waals surface area (Å²) in [6.45, 7) is 2.32. The van der Waals surface area contributed by atoms with Crippen LogP contribution in [0.5, 0.6) is 0 Å². The average molecular weight is 341 g/mol. The van der Waals surface area contributed by atoms with E-state index in [-0.39, 0.29) is 6.04 Å². The van der Waals surface area contributed by atoms with Crippen molar-refractivity contribution < 1.29 is 13.5 Å². The standard InChI is InChI=1S/C21H21F2NO/c22-20-7-6-16(11-21(20)23)8-17-9-18-13-25-14-19(10-17)24(18)12-15-4-2-1-3-5-15/h1-7,9,11,18-19H,8,10,12-14H2. The van der Waals surface area contributed by atoms with Gasteiger partial charge in [0.15, 0.2) is 11.6 Å². The van der Waals surface area contributed by atoms with Crippen LogP contribution in [0.3, 0.4) is 0 Å². The smallest absolute Gasteiger partial charge is 0.159 e. The molecular formula is C21H21F2NO. The molecule has 2 bridgehead atoms. The molecule has 4 heteroatoms. The van der Waals surface area contributed by atoms with Gasteiger partial charge >= 0.3 is 0 Å². The quantitative estimate of drug-likeness (QED) is 0.776. The maximum absolute atomic E-state index is 13.4. The summed E-state index contributed by atoms with van der Waals surface area (Å²) in [5.74, 6) is -1.57. The zero-order valence-electron chi connectivity index (χ0n) is 14.0. The molecule has 0 saturated carbocycles. The van der Waals surface area contributed by atoms with Gasteiger partial charge in [-0.2, -0.15) is 0 Å². The normalized spacial score (nSPS) is 23.4. The third-order valence-corrected chi connectivity index (χ3v) is 5.04. The van der Waals surface area contributed by atoms with Crippen molar-refractivity contribution in [3.63, 3.8) is 0 Å². The van der Waals surface area contributed by atoms with Gasteiger partial charge in [0.1, 0.15) is 0 Å². The maximum Gasteiger partial charge on any atom is 0.159 e. The zero-order chi connectivity index (χ0) is 17.2. The molecule has 25 heavy (non-hydrogen) atoms. The highest BCUT2D eigenvalue weighted by Gasteiger charge is 2.34. The topological polar surface area (TPSA) is 12.5 Å². The first-order valence-electron chi connectivity index (χ1n) is 8.70. The minimum absolute atomic E-state index is 0.244. The number of rotatable bonds is 4. The van der Waals surface area contributed by atoms with E-state index in [1.54, 1.807) is 6.07 Å². The van der Waals surface area contributed by atoms with Crippen molar-refractivity contribution in [1.29, 1.82) is 0 Å². The molecular weight excluding hydrogens is 320 g/mol. The number of hydrogen-bond donors (Lipinski definition) is 0. The lowest BCUT2D eigenvalue weighted by atomic mass is 9.90. The largest absolute Gasteiger partial charge is 0.378 e. The van der Waals surface area contributed by atoms with E-state index in [4.69, 9.17) is 4.74 Å². The number of halogens is 2. The third kappa shape index (κ3) is 3.65. The molecule has 2 aliphatic rings. The number of ether oxygens (including phenoxy) is 1. The number of fused-ring (bicyclic) bond motifs is 2. The van der Waals surface area contributed by atoms with E-state index < -0.39 is 11.6 Å². The van der Waals surface area contributed by atoms with E-state index >= 15 is 0 Å². The van der Waals surface area contributed by atoms with Crippen molar-refractivity contribution in [2.75, 3.05) is 13.2 Å². The van der Waals surface area contributed by atoms with E-state index in [1.807, 2.05) is 6.07 Å². The molecule has 2 aliphatic heterocycles. The number of nitrogens with zero attached hydrogens (tertiary/aromatic N) is 1. The van der Waals surface area contributed by atoms with Gasteiger partial charge in [-0.15, -0.1) is 0 Å². The first-order chi connectivity index (χ1) is 12.2. The molecule has 130 valence electrons. The van der Waals surface area contributed by atoms with Gasteiger partial charge in [0.25, 0.3) is 0 Å². The first-order valence-corrected chi connectivity index (χ1v) is 8.70. The van der Waals surface area contributed by atoms with Gasteiger partial charge < -0.3 is 4.74 Å². The Morgan fingerprint density at radius 1 is 0.960 bits per heavy atom. The second kappa shape index (κ2) is 7.06. The molecule has 0 radical (unpaired) electrons. The molecule has 2 heterocycles. The van der Waals surface area contributed by atoms with Crippen molar-refractivity contribution in [2.24, 2.45) is 0 Å². The Kier molecular flexibility index (Phi) is 4.64. The van der Waals surface area contributed by atoms with Crippen LogP contribution >= 0.6 is 0 Å². The molecule has 0 amide bonds. The summed E-state index contributed by atoms with van der Waals surface area (Å²) >= 11 is 0. The highest BCUT2D eigenvalue weighted by Crippen LogP contribution is 2.30. The predicted octanol–water partition coefficient (Wildman–Crippen LogP) is 4.11. The fourth-order valence-corrected chi connectivity index (χ4v) is 3.83. The molecule has 2 aromatic carbocycles. The van der Waals surface area contributed by atoms with Gasteiger partial charge in [-0.25, -0.2) is 8.78 Å². The summed E-state index contributed by atoms with van der Waals surface area (Å²) in [6, 6.07) is 15.2. The van der Waals surface area contributed by atoms with Crippen molar-refractivity contribution in [2.45, 2.75) is 31.5 Å². The Labute approximate surface area is 146 Å². The van der Waals surface area contributed by atoms with Crippen LogP contribution in [0, 0.1) is 11.6 Å². The lowest BCUT2D eigenvalue weighted by Gasteiger charge is -2.45. The second-order valence-electron chi connectivity index (χ2n) is 6.87. The van der Waals surface area contributed by atoms with E-state index in [2.05, 4.69) is 35.2 Å². The molecule has 2 unspecified atom stereocenters. The van der Waals surface area contributed by atoms with Crippen LogP contribution in [-0.4, -0.2) is 30.2 Å². The summed E-state index contributed by atoms with van der Waals surface area (Å²) in [4.78, 5) is 2.49. The highest BCUT2D eigenvalue weighted by atomic mass is 19.2. The monoisotopic (exact) mass is 341 g/mol. The van der Waals surface area contributed by atoms with Crippen molar-refractivity contribution in [3.8, 4) is 0 Å². The van der Waals surface area contributed by atoms with Gasteiger partial charge in [-0.05, 0) is 36.1 Å². The molecule has 2 nitrogen and oxygen atoms in total. The molecule has 1 fully saturated rings. The highest BCUT2D eigenvalue weighted by molar-refractivity contribution is 5.27. The second-order valence-corrected chi connectivity index (χ2v) is 6.87. The number of hydrogen-bond acceptors (Lipinski definition) is 2. The van der Waals surface area contributed by atoms with Crippen LogP contribution in [0.2, 0.25) is 0 Å². The minimum Gasteiger partial charge on any atom is -0.378 e. The predicted molar refractivity (Wildman–Crippen MR) is 93.1 cm³/mol. The van der Waals surface area contributed by atoms with Crippen molar-refractivity contribution >= 4 is 0 Å². The van der Waals surface area contributed by atoms with Crippen LogP contribution in [0.25, 0.3) is 0 Å².